The molecule has 0 aliphatic carbocycles. The molecule has 17 heavy (non-hydrogen) atoms. The summed E-state index contributed by atoms with van der Waals surface area (Å²) in [6.07, 6.45) is 4.16. The van der Waals surface area contributed by atoms with E-state index in [1.807, 2.05) is 6.92 Å². The largest absolute Gasteiger partial charge is 0.381 e. The highest BCUT2D eigenvalue weighted by atomic mass is 32.1. The molecule has 0 aromatic carbocycles. The SMILES string of the molecule is CCOCCC(=S)NCCOCc1cnc[nH]1. The van der Waals surface area contributed by atoms with Crippen LogP contribution in [0.15, 0.2) is 12.5 Å². The second-order valence-corrected chi connectivity index (χ2v) is 3.92. The first-order valence-corrected chi connectivity index (χ1v) is 6.13. The van der Waals surface area contributed by atoms with Crippen molar-refractivity contribution in [1.82, 2.24) is 15.3 Å². The lowest BCUT2D eigenvalue weighted by atomic mass is 10.4. The number of hydrogen-bond donors (Lipinski definition) is 2. The fourth-order valence-corrected chi connectivity index (χ4v) is 1.39. The smallest absolute Gasteiger partial charge is 0.0922 e. The molecule has 0 aliphatic rings. The predicted molar refractivity (Wildman–Crippen MR) is 70.0 cm³/mol. The quantitative estimate of drug-likeness (QED) is 0.515. The topological polar surface area (TPSA) is 59.2 Å². The zero-order valence-corrected chi connectivity index (χ0v) is 10.9. The molecule has 1 aromatic heterocycles. The van der Waals surface area contributed by atoms with Gasteiger partial charge in [0.25, 0.3) is 0 Å². The highest BCUT2D eigenvalue weighted by molar-refractivity contribution is 7.80. The maximum atomic E-state index is 5.43. The van der Waals surface area contributed by atoms with E-state index in [0.29, 0.717) is 19.8 Å². The summed E-state index contributed by atoms with van der Waals surface area (Å²) >= 11 is 5.13. The Morgan fingerprint density at radius 2 is 2.35 bits per heavy atom. The van der Waals surface area contributed by atoms with Crippen LogP contribution < -0.4 is 5.32 Å². The van der Waals surface area contributed by atoms with Crippen molar-refractivity contribution in [3.63, 3.8) is 0 Å². The molecule has 2 N–H and O–H groups in total. The van der Waals surface area contributed by atoms with Gasteiger partial charge in [-0.05, 0) is 6.92 Å². The van der Waals surface area contributed by atoms with Gasteiger partial charge in [-0.15, -0.1) is 0 Å². The van der Waals surface area contributed by atoms with E-state index in [1.54, 1.807) is 12.5 Å². The normalized spacial score (nSPS) is 10.4. The Morgan fingerprint density at radius 1 is 1.47 bits per heavy atom. The van der Waals surface area contributed by atoms with E-state index in [-0.39, 0.29) is 0 Å². The van der Waals surface area contributed by atoms with Crippen LogP contribution in [0, 0.1) is 0 Å². The lowest BCUT2D eigenvalue weighted by Gasteiger charge is -2.08. The van der Waals surface area contributed by atoms with Gasteiger partial charge >= 0.3 is 0 Å². The van der Waals surface area contributed by atoms with E-state index in [2.05, 4.69) is 15.3 Å². The van der Waals surface area contributed by atoms with Crippen molar-refractivity contribution in [3.8, 4) is 0 Å². The van der Waals surface area contributed by atoms with E-state index in [1.165, 1.54) is 0 Å². The van der Waals surface area contributed by atoms with Gasteiger partial charge in [-0.3, -0.25) is 0 Å². The standard InChI is InChI=1S/C11H19N3O2S/c1-2-15-5-3-11(17)13-4-6-16-8-10-7-12-9-14-10/h7,9H,2-6,8H2,1H3,(H,12,14)(H,13,17). The van der Waals surface area contributed by atoms with Crippen molar-refractivity contribution >= 4 is 17.2 Å². The van der Waals surface area contributed by atoms with Crippen LogP contribution in [0.1, 0.15) is 19.0 Å². The summed E-state index contributed by atoms with van der Waals surface area (Å²) in [4.78, 5) is 7.70. The lowest BCUT2D eigenvalue weighted by molar-refractivity contribution is 0.123. The van der Waals surface area contributed by atoms with Crippen molar-refractivity contribution in [2.24, 2.45) is 0 Å². The van der Waals surface area contributed by atoms with Gasteiger partial charge in [0.2, 0.25) is 0 Å². The number of rotatable bonds is 9. The van der Waals surface area contributed by atoms with Gasteiger partial charge in [0.15, 0.2) is 0 Å². The molecule has 96 valence electrons. The van der Waals surface area contributed by atoms with Crippen molar-refractivity contribution in [3.05, 3.63) is 18.2 Å². The molecule has 1 aromatic rings. The van der Waals surface area contributed by atoms with E-state index in [4.69, 9.17) is 21.7 Å². The lowest BCUT2D eigenvalue weighted by Crippen LogP contribution is -2.26. The van der Waals surface area contributed by atoms with E-state index >= 15 is 0 Å². The zero-order chi connectivity index (χ0) is 12.3. The van der Waals surface area contributed by atoms with Crippen LogP contribution in [-0.2, 0) is 16.1 Å². The Kier molecular flexibility index (Phi) is 7.53. The summed E-state index contributed by atoms with van der Waals surface area (Å²) in [5.74, 6) is 0. The predicted octanol–water partition coefficient (Wildman–Crippen LogP) is 1.27. The summed E-state index contributed by atoms with van der Waals surface area (Å²) in [6.45, 7) is 5.27. The molecule has 5 nitrogen and oxygen atoms in total. The fourth-order valence-electron chi connectivity index (χ4n) is 1.21. The molecule has 6 heteroatoms. The van der Waals surface area contributed by atoms with Gasteiger partial charge in [-0.1, -0.05) is 12.2 Å². The van der Waals surface area contributed by atoms with Crippen LogP contribution in [-0.4, -0.2) is 41.3 Å². The summed E-state index contributed by atoms with van der Waals surface area (Å²) in [5.41, 5.74) is 0.976. The monoisotopic (exact) mass is 257 g/mol. The van der Waals surface area contributed by atoms with Gasteiger partial charge in [-0.25, -0.2) is 4.98 Å². The average Bonchev–Trinajstić information content (AvgIpc) is 2.82. The number of nitrogens with zero attached hydrogens (tertiary/aromatic N) is 1. The van der Waals surface area contributed by atoms with Crippen LogP contribution in [0.5, 0.6) is 0 Å². The van der Waals surface area contributed by atoms with Crippen LogP contribution in [0.4, 0.5) is 0 Å². The second kappa shape index (κ2) is 9.09. The number of aromatic nitrogens is 2. The molecular formula is C11H19N3O2S. The first-order chi connectivity index (χ1) is 8.33. The molecule has 0 spiro atoms. The number of imidazole rings is 1. The minimum Gasteiger partial charge on any atom is -0.381 e. The average molecular weight is 257 g/mol. The van der Waals surface area contributed by atoms with Crippen molar-refractivity contribution in [2.45, 2.75) is 20.0 Å². The molecule has 0 amide bonds. The maximum Gasteiger partial charge on any atom is 0.0922 e. The maximum absolute atomic E-state index is 5.43. The molecule has 0 unspecified atom stereocenters. The Labute approximate surface area is 107 Å². The van der Waals surface area contributed by atoms with E-state index in [9.17, 15) is 0 Å². The van der Waals surface area contributed by atoms with Gasteiger partial charge in [0, 0.05) is 19.6 Å². The second-order valence-electron chi connectivity index (χ2n) is 3.43. The van der Waals surface area contributed by atoms with Gasteiger partial charge in [-0.2, -0.15) is 0 Å². The molecule has 0 bridgehead atoms. The van der Waals surface area contributed by atoms with Crippen molar-refractivity contribution in [2.75, 3.05) is 26.4 Å². The van der Waals surface area contributed by atoms with Gasteiger partial charge < -0.3 is 19.8 Å². The molecule has 0 radical (unpaired) electrons. The minimum absolute atomic E-state index is 0.549. The summed E-state index contributed by atoms with van der Waals surface area (Å²) in [5, 5.41) is 3.12. The molecule has 0 saturated heterocycles. The third-order valence-corrected chi connectivity index (χ3v) is 2.41. The molecule has 1 rings (SSSR count). The number of thiocarbonyl (C=S) groups is 1. The zero-order valence-electron chi connectivity index (χ0n) is 10.1. The first kappa shape index (κ1) is 14.1. The van der Waals surface area contributed by atoms with E-state index in [0.717, 1.165) is 30.3 Å². The van der Waals surface area contributed by atoms with Gasteiger partial charge in [0.05, 0.1) is 43.0 Å². The summed E-state index contributed by atoms with van der Waals surface area (Å²) in [6, 6.07) is 0. The highest BCUT2D eigenvalue weighted by Gasteiger charge is 1.97. The Balaban J connectivity index is 1.91. The fraction of sp³-hybridized carbons (Fsp3) is 0.636. The van der Waals surface area contributed by atoms with Gasteiger partial charge in [0.1, 0.15) is 0 Å². The third-order valence-electron chi connectivity index (χ3n) is 2.06. The Hall–Kier alpha value is -0.980. The number of nitrogens with one attached hydrogen (secondary N) is 2. The molecule has 0 atom stereocenters. The number of hydrogen-bond acceptors (Lipinski definition) is 4. The highest BCUT2D eigenvalue weighted by Crippen LogP contribution is 1.93. The Bertz CT molecular complexity index is 304. The molecule has 0 aliphatic heterocycles. The van der Waals surface area contributed by atoms with Crippen LogP contribution >= 0.6 is 12.2 Å². The molecule has 0 saturated carbocycles. The van der Waals surface area contributed by atoms with Crippen LogP contribution in [0.25, 0.3) is 0 Å². The number of H-pyrrole nitrogens is 1. The van der Waals surface area contributed by atoms with Crippen LogP contribution in [0.3, 0.4) is 0 Å². The van der Waals surface area contributed by atoms with E-state index < -0.39 is 0 Å². The van der Waals surface area contributed by atoms with Crippen LogP contribution in [0.2, 0.25) is 0 Å². The number of aromatic amines is 1. The molecule has 0 fully saturated rings. The van der Waals surface area contributed by atoms with Crippen molar-refractivity contribution < 1.29 is 9.47 Å². The number of ether oxygens (including phenoxy) is 2. The first-order valence-electron chi connectivity index (χ1n) is 5.72. The molecule has 1 heterocycles. The minimum atomic E-state index is 0.549. The third kappa shape index (κ3) is 7.04. The van der Waals surface area contributed by atoms with Crippen molar-refractivity contribution in [1.29, 1.82) is 0 Å². The summed E-state index contributed by atoms with van der Waals surface area (Å²) < 4.78 is 10.6. The Morgan fingerprint density at radius 3 is 3.06 bits per heavy atom. The molecular weight excluding hydrogens is 238 g/mol. The summed E-state index contributed by atoms with van der Waals surface area (Å²) in [7, 11) is 0.